The van der Waals surface area contributed by atoms with E-state index in [0.29, 0.717) is 12.1 Å². The van der Waals surface area contributed by atoms with E-state index in [2.05, 4.69) is 14.5 Å². The summed E-state index contributed by atoms with van der Waals surface area (Å²) in [5.41, 5.74) is 6.78. The second kappa shape index (κ2) is 6.31. The summed E-state index contributed by atoms with van der Waals surface area (Å²) in [5.74, 6) is 0. The Morgan fingerprint density at radius 1 is 1.33 bits per heavy atom. The monoisotopic (exact) mass is 312 g/mol. The molecule has 0 bridgehead atoms. The second-order valence-electron chi connectivity index (χ2n) is 5.74. The lowest BCUT2D eigenvalue weighted by molar-refractivity contribution is 0.117. The standard InChI is InChI=1S/C14H24N4O2S/c1-11-5-4-6-13(15)14(11)21(19,20)16-9-12-10-17(2)7-8-18(12)3/h4-6,12,16H,7-10,15H2,1-3H3. The number of hydrogen-bond donors (Lipinski definition) is 2. The Kier molecular flexibility index (Phi) is 4.88. The van der Waals surface area contributed by atoms with Crippen LogP contribution in [0.2, 0.25) is 0 Å². The molecule has 1 aromatic rings. The van der Waals surface area contributed by atoms with Gasteiger partial charge in [0.15, 0.2) is 0 Å². The Morgan fingerprint density at radius 3 is 2.71 bits per heavy atom. The smallest absolute Gasteiger partial charge is 0.242 e. The van der Waals surface area contributed by atoms with Crippen LogP contribution in [-0.4, -0.2) is 64.5 Å². The Morgan fingerprint density at radius 2 is 2.05 bits per heavy atom. The van der Waals surface area contributed by atoms with Gasteiger partial charge in [-0.3, -0.25) is 4.90 Å². The SMILES string of the molecule is Cc1cccc(N)c1S(=O)(=O)NCC1CN(C)CCN1C. The van der Waals surface area contributed by atoms with E-state index in [1.165, 1.54) is 0 Å². The lowest BCUT2D eigenvalue weighted by Crippen LogP contribution is -2.54. The number of nitrogen functional groups attached to an aromatic ring is 1. The number of nitrogens with zero attached hydrogens (tertiary/aromatic N) is 2. The van der Waals surface area contributed by atoms with Crippen LogP contribution in [0.1, 0.15) is 5.56 Å². The second-order valence-corrected chi connectivity index (χ2v) is 7.45. The van der Waals surface area contributed by atoms with E-state index in [4.69, 9.17) is 5.73 Å². The van der Waals surface area contributed by atoms with E-state index in [9.17, 15) is 8.42 Å². The van der Waals surface area contributed by atoms with Gasteiger partial charge in [0.2, 0.25) is 10.0 Å². The number of hydrogen-bond acceptors (Lipinski definition) is 5. The molecule has 6 nitrogen and oxygen atoms in total. The molecule has 0 saturated carbocycles. The van der Waals surface area contributed by atoms with Gasteiger partial charge in [-0.2, -0.15) is 0 Å². The van der Waals surface area contributed by atoms with Crippen molar-refractivity contribution in [2.24, 2.45) is 0 Å². The first kappa shape index (κ1) is 16.2. The predicted molar refractivity (Wildman–Crippen MR) is 84.7 cm³/mol. The molecule has 1 saturated heterocycles. The molecule has 0 amide bonds. The molecule has 1 atom stereocenters. The van der Waals surface area contributed by atoms with Gasteiger partial charge in [-0.1, -0.05) is 12.1 Å². The quantitative estimate of drug-likeness (QED) is 0.771. The van der Waals surface area contributed by atoms with Crippen LogP contribution >= 0.6 is 0 Å². The summed E-state index contributed by atoms with van der Waals surface area (Å²) in [6, 6.07) is 5.30. The summed E-state index contributed by atoms with van der Waals surface area (Å²) < 4.78 is 27.7. The summed E-state index contributed by atoms with van der Waals surface area (Å²) in [7, 11) is 0.489. The van der Waals surface area contributed by atoms with Gasteiger partial charge < -0.3 is 10.6 Å². The average molecular weight is 312 g/mol. The van der Waals surface area contributed by atoms with Crippen LogP contribution in [0.3, 0.4) is 0 Å². The first-order chi connectivity index (χ1) is 9.81. The third-order valence-electron chi connectivity index (χ3n) is 4.00. The van der Waals surface area contributed by atoms with Gasteiger partial charge in [0.25, 0.3) is 0 Å². The number of nitrogens with one attached hydrogen (secondary N) is 1. The summed E-state index contributed by atoms with van der Waals surface area (Å²) in [4.78, 5) is 4.59. The number of piperazine rings is 1. The van der Waals surface area contributed by atoms with Crippen molar-refractivity contribution in [1.82, 2.24) is 14.5 Å². The van der Waals surface area contributed by atoms with Crippen molar-refractivity contribution in [2.45, 2.75) is 17.9 Å². The molecule has 0 spiro atoms. The highest BCUT2D eigenvalue weighted by Crippen LogP contribution is 2.22. The molecule has 7 heteroatoms. The number of nitrogens with two attached hydrogens (primary N) is 1. The molecule has 118 valence electrons. The zero-order chi connectivity index (χ0) is 15.6. The van der Waals surface area contributed by atoms with Crippen LogP contribution in [0.25, 0.3) is 0 Å². The fourth-order valence-electron chi connectivity index (χ4n) is 2.64. The third-order valence-corrected chi connectivity index (χ3v) is 5.64. The largest absolute Gasteiger partial charge is 0.398 e. The molecule has 0 aliphatic carbocycles. The van der Waals surface area contributed by atoms with Crippen molar-refractivity contribution < 1.29 is 8.42 Å². The number of sulfonamides is 1. The van der Waals surface area contributed by atoms with Gasteiger partial charge in [0.1, 0.15) is 4.90 Å². The number of aryl methyl sites for hydroxylation is 1. The molecule has 0 aromatic heterocycles. The van der Waals surface area contributed by atoms with Gasteiger partial charge in [0.05, 0.1) is 5.69 Å². The normalized spacial score (nSPS) is 21.6. The first-order valence-corrected chi connectivity index (χ1v) is 8.53. The van der Waals surface area contributed by atoms with Gasteiger partial charge in [-0.25, -0.2) is 13.1 Å². The van der Waals surface area contributed by atoms with Crippen molar-refractivity contribution in [3.8, 4) is 0 Å². The van der Waals surface area contributed by atoms with E-state index >= 15 is 0 Å². The van der Waals surface area contributed by atoms with Crippen molar-refractivity contribution in [1.29, 1.82) is 0 Å². The van der Waals surface area contributed by atoms with Crippen LogP contribution in [0, 0.1) is 6.92 Å². The van der Waals surface area contributed by atoms with Gasteiger partial charge in [0, 0.05) is 32.2 Å². The van der Waals surface area contributed by atoms with Crippen molar-refractivity contribution in [3.05, 3.63) is 23.8 Å². The maximum absolute atomic E-state index is 12.5. The molecule has 3 N–H and O–H groups in total. The first-order valence-electron chi connectivity index (χ1n) is 7.05. The fourth-order valence-corrected chi connectivity index (χ4v) is 4.07. The molecule has 1 aliphatic rings. The van der Waals surface area contributed by atoms with E-state index in [1.807, 2.05) is 14.1 Å². The maximum Gasteiger partial charge on any atom is 0.242 e. The third kappa shape index (κ3) is 3.74. The molecule has 1 unspecified atom stereocenters. The molecule has 0 radical (unpaired) electrons. The summed E-state index contributed by atoms with van der Waals surface area (Å²) in [6.45, 7) is 4.94. The van der Waals surface area contributed by atoms with Crippen LogP contribution in [0.5, 0.6) is 0 Å². The highest BCUT2D eigenvalue weighted by Gasteiger charge is 2.25. The molecule has 2 rings (SSSR count). The maximum atomic E-state index is 12.5. The Labute approximate surface area is 127 Å². The lowest BCUT2D eigenvalue weighted by atomic mass is 10.2. The highest BCUT2D eigenvalue weighted by molar-refractivity contribution is 7.89. The zero-order valence-electron chi connectivity index (χ0n) is 12.8. The van der Waals surface area contributed by atoms with E-state index in [0.717, 1.165) is 19.6 Å². The Balaban J connectivity index is 2.11. The minimum absolute atomic E-state index is 0.170. The lowest BCUT2D eigenvalue weighted by Gasteiger charge is -2.37. The fraction of sp³-hybridized carbons (Fsp3) is 0.571. The minimum Gasteiger partial charge on any atom is -0.398 e. The Hall–Kier alpha value is -1.15. The van der Waals surface area contributed by atoms with E-state index in [1.54, 1.807) is 25.1 Å². The minimum atomic E-state index is -3.58. The van der Waals surface area contributed by atoms with Gasteiger partial charge in [-0.15, -0.1) is 0 Å². The summed E-state index contributed by atoms with van der Waals surface area (Å²) in [5, 5.41) is 0. The number of likely N-dealkylation sites (N-methyl/N-ethyl adjacent to an activating group) is 2. The zero-order valence-corrected chi connectivity index (χ0v) is 13.7. The van der Waals surface area contributed by atoms with Crippen LogP contribution in [0.4, 0.5) is 5.69 Å². The average Bonchev–Trinajstić information content (AvgIpc) is 2.39. The van der Waals surface area contributed by atoms with Gasteiger partial charge in [-0.05, 0) is 32.6 Å². The Bertz CT molecular complexity index is 583. The molecular weight excluding hydrogens is 288 g/mol. The van der Waals surface area contributed by atoms with Crippen LogP contribution in [-0.2, 0) is 10.0 Å². The van der Waals surface area contributed by atoms with Crippen molar-refractivity contribution in [3.63, 3.8) is 0 Å². The molecular formula is C14H24N4O2S. The van der Waals surface area contributed by atoms with Crippen molar-refractivity contribution >= 4 is 15.7 Å². The highest BCUT2D eigenvalue weighted by atomic mass is 32.2. The van der Waals surface area contributed by atoms with Crippen molar-refractivity contribution in [2.75, 3.05) is 46.0 Å². The molecule has 1 fully saturated rings. The van der Waals surface area contributed by atoms with Crippen LogP contribution in [0.15, 0.2) is 23.1 Å². The number of rotatable bonds is 4. The molecule has 1 aliphatic heterocycles. The summed E-state index contributed by atoms with van der Waals surface area (Å²) in [6.07, 6.45) is 0. The molecule has 21 heavy (non-hydrogen) atoms. The van der Waals surface area contributed by atoms with Gasteiger partial charge >= 0.3 is 0 Å². The molecule has 1 aromatic carbocycles. The number of benzene rings is 1. The van der Waals surface area contributed by atoms with Crippen LogP contribution < -0.4 is 10.5 Å². The summed E-state index contributed by atoms with van der Waals surface area (Å²) >= 11 is 0. The molecule has 1 heterocycles. The van der Waals surface area contributed by atoms with E-state index in [-0.39, 0.29) is 16.6 Å². The topological polar surface area (TPSA) is 78.7 Å². The van der Waals surface area contributed by atoms with E-state index < -0.39 is 10.0 Å². The number of anilines is 1. The predicted octanol–water partition coefficient (Wildman–Crippen LogP) is 0.101.